The number of anilines is 2. The molecular weight excluding hydrogens is 262 g/mol. The van der Waals surface area contributed by atoms with Crippen LogP contribution in [0.15, 0.2) is 24.4 Å². The average molecular weight is 278 g/mol. The second-order valence-corrected chi connectivity index (χ2v) is 4.34. The molecule has 0 aliphatic rings. The largest absolute Gasteiger partial charge is 0.365 e. The molecule has 20 heavy (non-hydrogen) atoms. The smallest absolute Gasteiger partial charge is 0.224 e. The van der Waals surface area contributed by atoms with Crippen LogP contribution in [-0.2, 0) is 6.54 Å². The Hall–Kier alpha value is -2.24. The van der Waals surface area contributed by atoms with Gasteiger partial charge in [-0.2, -0.15) is 4.98 Å². The SMILES string of the molecule is CCNc1ncc(C)c(NCc2cc(F)ccc2F)n1. The zero-order valence-corrected chi connectivity index (χ0v) is 11.4. The summed E-state index contributed by atoms with van der Waals surface area (Å²) in [6.45, 7) is 4.66. The van der Waals surface area contributed by atoms with Crippen molar-refractivity contribution in [1.82, 2.24) is 9.97 Å². The molecule has 1 heterocycles. The third kappa shape index (κ3) is 3.40. The van der Waals surface area contributed by atoms with Crippen molar-refractivity contribution in [2.24, 2.45) is 0 Å². The number of nitrogens with zero attached hydrogens (tertiary/aromatic N) is 2. The first-order valence-corrected chi connectivity index (χ1v) is 6.35. The zero-order chi connectivity index (χ0) is 14.5. The first kappa shape index (κ1) is 14.2. The fourth-order valence-corrected chi connectivity index (χ4v) is 1.72. The molecule has 0 spiro atoms. The Bertz CT molecular complexity index is 602. The van der Waals surface area contributed by atoms with E-state index in [1.807, 2.05) is 13.8 Å². The van der Waals surface area contributed by atoms with Crippen molar-refractivity contribution in [3.63, 3.8) is 0 Å². The van der Waals surface area contributed by atoms with Gasteiger partial charge in [-0.1, -0.05) is 0 Å². The van der Waals surface area contributed by atoms with Gasteiger partial charge in [0.25, 0.3) is 0 Å². The summed E-state index contributed by atoms with van der Waals surface area (Å²) in [5, 5.41) is 6.00. The van der Waals surface area contributed by atoms with Gasteiger partial charge in [0.05, 0.1) is 0 Å². The number of aryl methyl sites for hydroxylation is 1. The summed E-state index contributed by atoms with van der Waals surface area (Å²) in [4.78, 5) is 8.40. The van der Waals surface area contributed by atoms with E-state index in [1.165, 1.54) is 6.07 Å². The quantitative estimate of drug-likeness (QED) is 0.882. The second kappa shape index (κ2) is 6.27. The summed E-state index contributed by atoms with van der Waals surface area (Å²) in [7, 11) is 0. The molecule has 0 atom stereocenters. The molecule has 0 amide bonds. The molecular formula is C14H16F2N4. The Kier molecular flexibility index (Phi) is 4.45. The summed E-state index contributed by atoms with van der Waals surface area (Å²) in [6, 6.07) is 3.38. The van der Waals surface area contributed by atoms with Crippen molar-refractivity contribution in [3.8, 4) is 0 Å². The number of aromatic nitrogens is 2. The van der Waals surface area contributed by atoms with Crippen LogP contribution in [0, 0.1) is 18.6 Å². The molecule has 1 aromatic heterocycles. The number of hydrogen-bond donors (Lipinski definition) is 2. The van der Waals surface area contributed by atoms with Crippen LogP contribution >= 0.6 is 0 Å². The molecule has 0 saturated carbocycles. The zero-order valence-electron chi connectivity index (χ0n) is 11.4. The highest BCUT2D eigenvalue weighted by Crippen LogP contribution is 2.16. The van der Waals surface area contributed by atoms with Gasteiger partial charge in [-0.15, -0.1) is 0 Å². The average Bonchev–Trinajstić information content (AvgIpc) is 2.43. The van der Waals surface area contributed by atoms with Crippen molar-refractivity contribution >= 4 is 11.8 Å². The number of rotatable bonds is 5. The van der Waals surface area contributed by atoms with Crippen LogP contribution < -0.4 is 10.6 Å². The number of halogens is 2. The second-order valence-electron chi connectivity index (χ2n) is 4.34. The first-order chi connectivity index (χ1) is 9.60. The maximum absolute atomic E-state index is 13.5. The van der Waals surface area contributed by atoms with Crippen molar-refractivity contribution in [2.75, 3.05) is 17.2 Å². The van der Waals surface area contributed by atoms with Gasteiger partial charge in [-0.25, -0.2) is 13.8 Å². The fourth-order valence-electron chi connectivity index (χ4n) is 1.72. The van der Waals surface area contributed by atoms with Crippen LogP contribution in [0.1, 0.15) is 18.1 Å². The lowest BCUT2D eigenvalue weighted by Crippen LogP contribution is -2.09. The minimum absolute atomic E-state index is 0.160. The van der Waals surface area contributed by atoms with E-state index in [1.54, 1.807) is 6.20 Å². The maximum Gasteiger partial charge on any atom is 0.224 e. The van der Waals surface area contributed by atoms with E-state index >= 15 is 0 Å². The summed E-state index contributed by atoms with van der Waals surface area (Å²) in [5.74, 6) is 0.188. The molecule has 2 aromatic rings. The van der Waals surface area contributed by atoms with Gasteiger partial charge >= 0.3 is 0 Å². The van der Waals surface area contributed by atoms with Crippen LogP contribution in [0.2, 0.25) is 0 Å². The molecule has 0 aliphatic carbocycles. The summed E-state index contributed by atoms with van der Waals surface area (Å²) in [5.41, 5.74) is 1.09. The fraction of sp³-hybridized carbons (Fsp3) is 0.286. The van der Waals surface area contributed by atoms with E-state index in [2.05, 4.69) is 20.6 Å². The highest BCUT2D eigenvalue weighted by Gasteiger charge is 2.07. The van der Waals surface area contributed by atoms with Crippen LogP contribution in [0.5, 0.6) is 0 Å². The van der Waals surface area contributed by atoms with E-state index in [0.717, 1.165) is 17.7 Å². The van der Waals surface area contributed by atoms with Crippen LogP contribution in [-0.4, -0.2) is 16.5 Å². The van der Waals surface area contributed by atoms with Crippen molar-refractivity contribution in [2.45, 2.75) is 20.4 Å². The van der Waals surface area contributed by atoms with E-state index in [-0.39, 0.29) is 12.1 Å². The van der Waals surface area contributed by atoms with Crippen LogP contribution in [0.25, 0.3) is 0 Å². The van der Waals surface area contributed by atoms with Crippen molar-refractivity contribution in [1.29, 1.82) is 0 Å². The molecule has 0 radical (unpaired) electrons. The Morgan fingerprint density at radius 3 is 2.75 bits per heavy atom. The number of hydrogen-bond acceptors (Lipinski definition) is 4. The normalized spacial score (nSPS) is 10.4. The van der Waals surface area contributed by atoms with Gasteiger partial charge < -0.3 is 10.6 Å². The lowest BCUT2D eigenvalue weighted by Gasteiger charge is -2.11. The number of nitrogens with one attached hydrogen (secondary N) is 2. The molecule has 0 unspecified atom stereocenters. The predicted octanol–water partition coefficient (Wildman–Crippen LogP) is 3.11. The maximum atomic E-state index is 13.5. The van der Waals surface area contributed by atoms with Gasteiger partial charge in [-0.05, 0) is 32.0 Å². The highest BCUT2D eigenvalue weighted by atomic mass is 19.1. The molecule has 2 N–H and O–H groups in total. The van der Waals surface area contributed by atoms with E-state index < -0.39 is 11.6 Å². The Morgan fingerprint density at radius 1 is 1.20 bits per heavy atom. The molecule has 106 valence electrons. The monoisotopic (exact) mass is 278 g/mol. The molecule has 4 nitrogen and oxygen atoms in total. The first-order valence-electron chi connectivity index (χ1n) is 6.35. The van der Waals surface area contributed by atoms with Crippen molar-refractivity contribution in [3.05, 3.63) is 47.2 Å². The minimum Gasteiger partial charge on any atom is -0.365 e. The highest BCUT2D eigenvalue weighted by molar-refractivity contribution is 5.46. The Labute approximate surface area is 116 Å². The molecule has 1 aromatic carbocycles. The van der Waals surface area contributed by atoms with Gasteiger partial charge in [0.1, 0.15) is 17.5 Å². The molecule has 0 bridgehead atoms. The summed E-state index contributed by atoms with van der Waals surface area (Å²) >= 11 is 0. The molecule has 0 saturated heterocycles. The van der Waals surface area contributed by atoms with Gasteiger partial charge in [0, 0.05) is 30.4 Å². The summed E-state index contributed by atoms with van der Waals surface area (Å²) in [6.07, 6.45) is 1.68. The van der Waals surface area contributed by atoms with Crippen molar-refractivity contribution < 1.29 is 8.78 Å². The summed E-state index contributed by atoms with van der Waals surface area (Å²) < 4.78 is 26.6. The Balaban J connectivity index is 2.13. The predicted molar refractivity (Wildman–Crippen MR) is 74.6 cm³/mol. The molecule has 0 aliphatic heterocycles. The lowest BCUT2D eigenvalue weighted by atomic mass is 10.2. The Morgan fingerprint density at radius 2 is 2.00 bits per heavy atom. The van der Waals surface area contributed by atoms with Gasteiger partial charge in [0.2, 0.25) is 5.95 Å². The van der Waals surface area contributed by atoms with Gasteiger partial charge in [0.15, 0.2) is 0 Å². The standard InChI is InChI=1S/C14H16F2N4/c1-3-17-14-19-7-9(2)13(20-14)18-8-10-6-11(15)4-5-12(10)16/h4-7H,3,8H2,1-2H3,(H2,17,18,19,20). The minimum atomic E-state index is -0.462. The van der Waals surface area contributed by atoms with Gasteiger partial charge in [-0.3, -0.25) is 0 Å². The molecule has 0 fully saturated rings. The van der Waals surface area contributed by atoms with E-state index in [0.29, 0.717) is 18.3 Å². The third-order valence-corrected chi connectivity index (χ3v) is 2.76. The van der Waals surface area contributed by atoms with Crippen LogP contribution in [0.3, 0.4) is 0 Å². The molecule has 6 heteroatoms. The van der Waals surface area contributed by atoms with E-state index in [4.69, 9.17) is 0 Å². The van der Waals surface area contributed by atoms with Crippen LogP contribution in [0.4, 0.5) is 20.5 Å². The third-order valence-electron chi connectivity index (χ3n) is 2.76. The van der Waals surface area contributed by atoms with E-state index in [9.17, 15) is 8.78 Å². The molecule has 2 rings (SSSR count). The lowest BCUT2D eigenvalue weighted by molar-refractivity contribution is 0.587. The number of benzene rings is 1. The topological polar surface area (TPSA) is 49.8 Å².